The number of carbonyl (C=O) groups excluding carboxylic acids is 1. The molecular formula is C24H21ClFN3O3. The lowest BCUT2D eigenvalue weighted by Crippen LogP contribution is -2.42. The second kappa shape index (κ2) is 7.83. The molecule has 0 unspecified atom stereocenters. The van der Waals surface area contributed by atoms with Crippen LogP contribution in [0.25, 0.3) is 0 Å². The van der Waals surface area contributed by atoms with Crippen molar-refractivity contribution in [2.75, 3.05) is 6.54 Å². The molecule has 0 saturated heterocycles. The smallest absolute Gasteiger partial charge is 0.256 e. The molecule has 8 heteroatoms. The standard InChI is InChI=1S/C24H21ClFN3O3/c25-16-3-1-2-14(12-16)20(30)22(32)29-11-8-19-18(13-29)21(31)28-23(27-19)24(9-10-24)15-4-6-17(26)7-5-15/h1-7,12,20,30H,8-11,13H2,(H,27,28,31)/t20-/m1/s1. The van der Waals surface area contributed by atoms with Gasteiger partial charge in [-0.2, -0.15) is 0 Å². The molecule has 1 amide bonds. The van der Waals surface area contributed by atoms with Crippen LogP contribution in [-0.2, 0) is 23.2 Å². The Kier molecular flexibility index (Phi) is 5.10. The minimum Gasteiger partial charge on any atom is -0.378 e. The van der Waals surface area contributed by atoms with Gasteiger partial charge in [-0.25, -0.2) is 9.37 Å². The second-order valence-corrected chi connectivity index (χ2v) is 8.83. The summed E-state index contributed by atoms with van der Waals surface area (Å²) in [5.41, 5.74) is 1.76. The van der Waals surface area contributed by atoms with Crippen molar-refractivity contribution in [3.05, 3.63) is 97.9 Å². The molecule has 164 valence electrons. The first-order chi connectivity index (χ1) is 15.4. The number of aliphatic hydroxyl groups excluding tert-OH is 1. The highest BCUT2D eigenvalue weighted by atomic mass is 35.5. The molecule has 0 bridgehead atoms. The third-order valence-corrected chi connectivity index (χ3v) is 6.61. The maximum absolute atomic E-state index is 13.3. The number of benzene rings is 2. The van der Waals surface area contributed by atoms with Gasteiger partial charge in [0.2, 0.25) is 0 Å². The van der Waals surface area contributed by atoms with Gasteiger partial charge in [-0.05, 0) is 48.2 Å². The Bertz CT molecular complexity index is 1250. The fourth-order valence-electron chi connectivity index (χ4n) is 4.39. The van der Waals surface area contributed by atoms with Crippen LogP contribution < -0.4 is 5.56 Å². The lowest BCUT2D eigenvalue weighted by Gasteiger charge is -2.30. The third kappa shape index (κ3) is 3.61. The highest BCUT2D eigenvalue weighted by Gasteiger charge is 2.48. The molecule has 1 saturated carbocycles. The first-order valence-corrected chi connectivity index (χ1v) is 10.9. The number of halogens is 2. The van der Waals surface area contributed by atoms with E-state index in [1.165, 1.54) is 17.0 Å². The zero-order chi connectivity index (χ0) is 22.5. The molecule has 6 nitrogen and oxygen atoms in total. The summed E-state index contributed by atoms with van der Waals surface area (Å²) in [6.07, 6.45) is 0.725. The molecule has 2 aromatic carbocycles. The lowest BCUT2D eigenvalue weighted by molar-refractivity contribution is -0.141. The van der Waals surface area contributed by atoms with Gasteiger partial charge in [0.05, 0.1) is 23.2 Å². The van der Waals surface area contributed by atoms with Crippen molar-refractivity contribution in [2.45, 2.75) is 37.3 Å². The molecule has 32 heavy (non-hydrogen) atoms. The Morgan fingerprint density at radius 1 is 1.22 bits per heavy atom. The van der Waals surface area contributed by atoms with Gasteiger partial charge in [-0.1, -0.05) is 35.9 Å². The van der Waals surface area contributed by atoms with Crippen LogP contribution in [0.5, 0.6) is 0 Å². The number of hydrogen-bond acceptors (Lipinski definition) is 4. The van der Waals surface area contributed by atoms with Crippen molar-refractivity contribution in [1.29, 1.82) is 0 Å². The van der Waals surface area contributed by atoms with Crippen molar-refractivity contribution >= 4 is 17.5 Å². The van der Waals surface area contributed by atoms with Gasteiger partial charge in [0.25, 0.3) is 11.5 Å². The molecule has 0 radical (unpaired) electrons. The zero-order valence-corrected chi connectivity index (χ0v) is 17.9. The molecule has 2 N–H and O–H groups in total. The van der Waals surface area contributed by atoms with E-state index in [0.29, 0.717) is 40.6 Å². The Hall–Kier alpha value is -3.03. The van der Waals surface area contributed by atoms with E-state index in [1.54, 1.807) is 36.4 Å². The predicted octanol–water partition coefficient (Wildman–Crippen LogP) is 3.26. The molecule has 0 spiro atoms. The molecular weight excluding hydrogens is 433 g/mol. The summed E-state index contributed by atoms with van der Waals surface area (Å²) in [7, 11) is 0. The summed E-state index contributed by atoms with van der Waals surface area (Å²) < 4.78 is 13.3. The SMILES string of the molecule is O=C([C@H](O)c1cccc(Cl)c1)N1CCc2nc(C3(c4ccc(F)cc4)CC3)[nH]c(=O)c2C1. The van der Waals surface area contributed by atoms with Crippen LogP contribution in [0.3, 0.4) is 0 Å². The van der Waals surface area contributed by atoms with Gasteiger partial charge in [0.15, 0.2) is 6.10 Å². The number of rotatable bonds is 4. The molecule has 2 aliphatic rings. The first-order valence-electron chi connectivity index (χ1n) is 10.5. The molecule has 5 rings (SSSR count). The van der Waals surface area contributed by atoms with Crippen molar-refractivity contribution in [3.63, 3.8) is 0 Å². The number of nitrogens with zero attached hydrogens (tertiary/aromatic N) is 2. The molecule has 1 aromatic heterocycles. The maximum atomic E-state index is 13.3. The number of nitrogens with one attached hydrogen (secondary N) is 1. The summed E-state index contributed by atoms with van der Waals surface area (Å²) in [5, 5.41) is 10.9. The van der Waals surface area contributed by atoms with Gasteiger partial charge < -0.3 is 15.0 Å². The number of H-pyrrole nitrogens is 1. The summed E-state index contributed by atoms with van der Waals surface area (Å²) in [6.45, 7) is 0.431. The lowest BCUT2D eigenvalue weighted by atomic mass is 9.94. The number of aromatic amines is 1. The second-order valence-electron chi connectivity index (χ2n) is 8.40. The van der Waals surface area contributed by atoms with Gasteiger partial charge in [-0.15, -0.1) is 0 Å². The normalized spacial score (nSPS) is 17.5. The number of hydrogen-bond donors (Lipinski definition) is 2. The van der Waals surface area contributed by atoms with E-state index in [-0.39, 0.29) is 17.9 Å². The van der Waals surface area contributed by atoms with E-state index >= 15 is 0 Å². The fourth-order valence-corrected chi connectivity index (χ4v) is 4.59. The van der Waals surface area contributed by atoms with E-state index in [0.717, 1.165) is 18.4 Å². The quantitative estimate of drug-likeness (QED) is 0.635. The highest BCUT2D eigenvalue weighted by molar-refractivity contribution is 6.30. The fraction of sp³-hybridized carbons (Fsp3) is 0.292. The van der Waals surface area contributed by atoms with Crippen molar-refractivity contribution < 1.29 is 14.3 Å². The van der Waals surface area contributed by atoms with Gasteiger partial charge in [-0.3, -0.25) is 9.59 Å². The average Bonchev–Trinajstić information content (AvgIpc) is 3.60. The van der Waals surface area contributed by atoms with Gasteiger partial charge in [0, 0.05) is 18.0 Å². The predicted molar refractivity (Wildman–Crippen MR) is 117 cm³/mol. The minimum atomic E-state index is -1.35. The average molecular weight is 454 g/mol. The van der Waals surface area contributed by atoms with Crippen LogP contribution in [0.1, 0.15) is 47.2 Å². The summed E-state index contributed by atoms with van der Waals surface area (Å²) in [5.74, 6) is -0.195. The molecule has 1 atom stereocenters. The van der Waals surface area contributed by atoms with Crippen molar-refractivity contribution in [1.82, 2.24) is 14.9 Å². The molecule has 3 aromatic rings. The maximum Gasteiger partial charge on any atom is 0.256 e. The highest BCUT2D eigenvalue weighted by Crippen LogP contribution is 2.52. The van der Waals surface area contributed by atoms with Crippen LogP contribution in [0.15, 0.2) is 53.3 Å². The molecule has 1 aliphatic heterocycles. The number of aromatic nitrogens is 2. The Labute approximate surface area is 188 Å². The van der Waals surface area contributed by atoms with Crippen LogP contribution in [-0.4, -0.2) is 32.4 Å². The van der Waals surface area contributed by atoms with Crippen LogP contribution in [0.4, 0.5) is 4.39 Å². The van der Waals surface area contributed by atoms with E-state index in [9.17, 15) is 19.1 Å². The van der Waals surface area contributed by atoms with Gasteiger partial charge in [0.1, 0.15) is 11.6 Å². The first kappa shape index (κ1) is 20.8. The Morgan fingerprint density at radius 2 is 1.97 bits per heavy atom. The Balaban J connectivity index is 1.40. The summed E-state index contributed by atoms with van der Waals surface area (Å²) in [4.78, 5) is 34.9. The molecule has 1 fully saturated rings. The van der Waals surface area contributed by atoms with Crippen LogP contribution in [0.2, 0.25) is 5.02 Å². The molecule has 2 heterocycles. The van der Waals surface area contributed by atoms with Crippen molar-refractivity contribution in [2.24, 2.45) is 0 Å². The Morgan fingerprint density at radius 3 is 2.66 bits per heavy atom. The van der Waals surface area contributed by atoms with Crippen LogP contribution in [0, 0.1) is 5.82 Å². The number of fused-ring (bicyclic) bond motifs is 1. The van der Waals surface area contributed by atoms with Crippen LogP contribution >= 0.6 is 11.6 Å². The largest absolute Gasteiger partial charge is 0.378 e. The van der Waals surface area contributed by atoms with E-state index < -0.39 is 17.4 Å². The summed E-state index contributed by atoms with van der Waals surface area (Å²) in [6, 6.07) is 12.8. The number of aliphatic hydroxyl groups is 1. The van der Waals surface area contributed by atoms with E-state index in [1.807, 2.05) is 0 Å². The third-order valence-electron chi connectivity index (χ3n) is 6.38. The number of amides is 1. The summed E-state index contributed by atoms with van der Waals surface area (Å²) >= 11 is 5.97. The monoisotopic (exact) mass is 453 g/mol. The van der Waals surface area contributed by atoms with Crippen molar-refractivity contribution in [3.8, 4) is 0 Å². The van der Waals surface area contributed by atoms with E-state index in [2.05, 4.69) is 4.98 Å². The number of carbonyl (C=O) groups is 1. The zero-order valence-electron chi connectivity index (χ0n) is 17.1. The van der Waals surface area contributed by atoms with E-state index in [4.69, 9.17) is 16.6 Å². The minimum absolute atomic E-state index is 0.0813. The van der Waals surface area contributed by atoms with Gasteiger partial charge >= 0.3 is 0 Å². The molecule has 1 aliphatic carbocycles. The topological polar surface area (TPSA) is 86.3 Å².